The molecule has 0 spiro atoms. The summed E-state index contributed by atoms with van der Waals surface area (Å²) in [5.74, 6) is 0. The van der Waals surface area contributed by atoms with Crippen molar-refractivity contribution in [3.05, 3.63) is 21.4 Å². The van der Waals surface area contributed by atoms with Crippen LogP contribution in [0.25, 0.3) is 0 Å². The molecule has 3 heteroatoms. The number of hydrogen-bond acceptors (Lipinski definition) is 3. The maximum atomic E-state index is 3.69. The molecule has 2 rings (SSSR count). The normalized spacial score (nSPS) is 18.3. The standard InChI is InChI=1S/C18H32N2S/c1-14-13-18(16(3)21-14)15(2)19-11-8-12-20(4)17-9-6-5-7-10-17/h13,15,17,19H,5-12H2,1-4H3. The molecule has 2 nitrogen and oxygen atoms in total. The smallest absolute Gasteiger partial charge is 0.0302 e. The van der Waals surface area contributed by atoms with Crippen LogP contribution in [0.2, 0.25) is 0 Å². The van der Waals surface area contributed by atoms with Crippen molar-refractivity contribution in [2.24, 2.45) is 0 Å². The summed E-state index contributed by atoms with van der Waals surface area (Å²) in [5.41, 5.74) is 1.48. The quantitative estimate of drug-likeness (QED) is 0.736. The summed E-state index contributed by atoms with van der Waals surface area (Å²) in [5, 5.41) is 3.69. The van der Waals surface area contributed by atoms with Crippen molar-refractivity contribution in [1.29, 1.82) is 0 Å². The van der Waals surface area contributed by atoms with Gasteiger partial charge in [-0.3, -0.25) is 0 Å². The summed E-state index contributed by atoms with van der Waals surface area (Å²) in [4.78, 5) is 5.48. The fraction of sp³-hybridized carbons (Fsp3) is 0.778. The molecule has 0 bridgehead atoms. The average molecular weight is 309 g/mol. The van der Waals surface area contributed by atoms with Gasteiger partial charge in [0.15, 0.2) is 0 Å². The Morgan fingerprint density at radius 3 is 2.62 bits per heavy atom. The van der Waals surface area contributed by atoms with Gasteiger partial charge < -0.3 is 10.2 Å². The van der Waals surface area contributed by atoms with E-state index in [1.807, 2.05) is 11.3 Å². The lowest BCUT2D eigenvalue weighted by Crippen LogP contribution is -2.35. The molecule has 0 aliphatic heterocycles. The van der Waals surface area contributed by atoms with Gasteiger partial charge in [-0.1, -0.05) is 19.3 Å². The second-order valence-electron chi connectivity index (χ2n) is 6.67. The van der Waals surface area contributed by atoms with Crippen LogP contribution in [0.5, 0.6) is 0 Å². The first-order chi connectivity index (χ1) is 10.1. The van der Waals surface area contributed by atoms with Crippen LogP contribution in [0.15, 0.2) is 6.07 Å². The molecular formula is C18H32N2S. The molecule has 0 amide bonds. The minimum absolute atomic E-state index is 0.481. The monoisotopic (exact) mass is 308 g/mol. The Hall–Kier alpha value is -0.380. The van der Waals surface area contributed by atoms with E-state index in [9.17, 15) is 0 Å². The molecule has 1 heterocycles. The molecule has 1 aromatic rings. The largest absolute Gasteiger partial charge is 0.310 e. The predicted octanol–water partition coefficient (Wildman–Crippen LogP) is 4.67. The van der Waals surface area contributed by atoms with Gasteiger partial charge in [0.2, 0.25) is 0 Å². The highest BCUT2D eigenvalue weighted by Crippen LogP contribution is 2.26. The number of thiophene rings is 1. The number of aryl methyl sites for hydroxylation is 2. The van der Waals surface area contributed by atoms with Gasteiger partial charge >= 0.3 is 0 Å². The van der Waals surface area contributed by atoms with E-state index in [1.165, 1.54) is 60.4 Å². The Morgan fingerprint density at radius 2 is 2.00 bits per heavy atom. The molecule has 21 heavy (non-hydrogen) atoms. The zero-order chi connectivity index (χ0) is 15.2. The molecule has 1 aliphatic rings. The Morgan fingerprint density at radius 1 is 1.29 bits per heavy atom. The van der Waals surface area contributed by atoms with E-state index in [0.29, 0.717) is 6.04 Å². The fourth-order valence-electron chi connectivity index (χ4n) is 3.54. The van der Waals surface area contributed by atoms with Crippen molar-refractivity contribution in [1.82, 2.24) is 10.2 Å². The van der Waals surface area contributed by atoms with Crippen LogP contribution in [0.1, 0.15) is 66.8 Å². The molecule has 1 unspecified atom stereocenters. The van der Waals surface area contributed by atoms with Crippen LogP contribution in [0, 0.1) is 13.8 Å². The minimum Gasteiger partial charge on any atom is -0.310 e. The lowest BCUT2D eigenvalue weighted by Gasteiger charge is -2.31. The van der Waals surface area contributed by atoms with Crippen LogP contribution in [-0.2, 0) is 0 Å². The Labute approximate surface area is 134 Å². The second kappa shape index (κ2) is 8.30. The highest BCUT2D eigenvalue weighted by Gasteiger charge is 2.17. The second-order valence-corrected chi connectivity index (χ2v) is 8.13. The fourth-order valence-corrected chi connectivity index (χ4v) is 4.56. The zero-order valence-corrected chi connectivity index (χ0v) is 15.1. The topological polar surface area (TPSA) is 15.3 Å². The first-order valence-electron chi connectivity index (χ1n) is 8.58. The first-order valence-corrected chi connectivity index (χ1v) is 9.40. The first kappa shape index (κ1) is 17.0. The van der Waals surface area contributed by atoms with Gasteiger partial charge in [-0.05, 0) is 71.8 Å². The third kappa shape index (κ3) is 5.08. The van der Waals surface area contributed by atoms with Crippen molar-refractivity contribution in [2.75, 3.05) is 20.1 Å². The molecule has 1 N–H and O–H groups in total. The summed E-state index contributed by atoms with van der Waals surface area (Å²) in [6, 6.07) is 3.67. The molecule has 0 saturated heterocycles. The molecule has 1 aromatic heterocycles. The Kier molecular flexibility index (Phi) is 6.72. The van der Waals surface area contributed by atoms with E-state index in [4.69, 9.17) is 0 Å². The van der Waals surface area contributed by atoms with Crippen LogP contribution in [0.4, 0.5) is 0 Å². The van der Waals surface area contributed by atoms with E-state index < -0.39 is 0 Å². The molecule has 1 saturated carbocycles. The summed E-state index contributed by atoms with van der Waals surface area (Å²) in [6.45, 7) is 9.08. The van der Waals surface area contributed by atoms with E-state index in [1.54, 1.807) is 0 Å². The lowest BCUT2D eigenvalue weighted by atomic mass is 9.94. The average Bonchev–Trinajstić information content (AvgIpc) is 2.83. The third-order valence-electron chi connectivity index (χ3n) is 4.88. The maximum Gasteiger partial charge on any atom is 0.0302 e. The zero-order valence-electron chi connectivity index (χ0n) is 14.2. The predicted molar refractivity (Wildman–Crippen MR) is 94.3 cm³/mol. The van der Waals surface area contributed by atoms with Crippen molar-refractivity contribution < 1.29 is 0 Å². The highest BCUT2D eigenvalue weighted by atomic mass is 32.1. The van der Waals surface area contributed by atoms with Crippen molar-refractivity contribution in [3.8, 4) is 0 Å². The number of hydrogen-bond donors (Lipinski definition) is 1. The number of nitrogens with zero attached hydrogens (tertiary/aromatic N) is 1. The van der Waals surface area contributed by atoms with Crippen molar-refractivity contribution in [2.45, 2.75) is 71.4 Å². The molecule has 120 valence electrons. The van der Waals surface area contributed by atoms with E-state index in [0.717, 1.165) is 12.6 Å². The van der Waals surface area contributed by atoms with Gasteiger partial charge in [0, 0.05) is 21.8 Å². The van der Waals surface area contributed by atoms with Gasteiger partial charge in [-0.25, -0.2) is 0 Å². The molecular weight excluding hydrogens is 276 g/mol. The van der Waals surface area contributed by atoms with Crippen LogP contribution < -0.4 is 5.32 Å². The van der Waals surface area contributed by atoms with Crippen molar-refractivity contribution in [3.63, 3.8) is 0 Å². The molecule has 1 aliphatic carbocycles. The SMILES string of the molecule is Cc1cc(C(C)NCCCN(C)C2CCCCC2)c(C)s1. The molecule has 1 fully saturated rings. The van der Waals surface area contributed by atoms with Gasteiger partial charge in [0.1, 0.15) is 0 Å². The van der Waals surface area contributed by atoms with Gasteiger partial charge in [-0.15, -0.1) is 11.3 Å². The minimum atomic E-state index is 0.481. The number of nitrogens with one attached hydrogen (secondary N) is 1. The summed E-state index contributed by atoms with van der Waals surface area (Å²) >= 11 is 1.91. The van der Waals surface area contributed by atoms with E-state index >= 15 is 0 Å². The summed E-state index contributed by atoms with van der Waals surface area (Å²) in [6.07, 6.45) is 8.38. The van der Waals surface area contributed by atoms with Crippen LogP contribution in [0.3, 0.4) is 0 Å². The molecule has 0 radical (unpaired) electrons. The lowest BCUT2D eigenvalue weighted by molar-refractivity contribution is 0.189. The Balaban J connectivity index is 1.66. The summed E-state index contributed by atoms with van der Waals surface area (Å²) < 4.78 is 0. The maximum absolute atomic E-state index is 3.69. The van der Waals surface area contributed by atoms with Gasteiger partial charge in [-0.2, -0.15) is 0 Å². The van der Waals surface area contributed by atoms with Crippen LogP contribution in [-0.4, -0.2) is 31.1 Å². The highest BCUT2D eigenvalue weighted by molar-refractivity contribution is 7.12. The number of rotatable bonds is 7. The summed E-state index contributed by atoms with van der Waals surface area (Å²) in [7, 11) is 2.31. The van der Waals surface area contributed by atoms with E-state index in [-0.39, 0.29) is 0 Å². The van der Waals surface area contributed by atoms with Crippen LogP contribution >= 0.6 is 11.3 Å². The van der Waals surface area contributed by atoms with Gasteiger partial charge in [0.25, 0.3) is 0 Å². The molecule has 1 atom stereocenters. The van der Waals surface area contributed by atoms with Gasteiger partial charge in [0.05, 0.1) is 0 Å². The Bertz CT molecular complexity index is 421. The third-order valence-corrected chi connectivity index (χ3v) is 5.86. The van der Waals surface area contributed by atoms with E-state index in [2.05, 4.69) is 44.1 Å². The molecule has 0 aromatic carbocycles. The van der Waals surface area contributed by atoms with Crippen molar-refractivity contribution >= 4 is 11.3 Å².